The molecule has 1 aromatic carbocycles. The van der Waals surface area contributed by atoms with Gasteiger partial charge in [-0.05, 0) is 37.8 Å². The minimum atomic E-state index is -3.38. The number of nitrogens with zero attached hydrogens (tertiary/aromatic N) is 3. The zero-order valence-electron chi connectivity index (χ0n) is 17.9. The second-order valence-corrected chi connectivity index (χ2v) is 9.08. The van der Waals surface area contributed by atoms with Crippen LogP contribution >= 0.6 is 0 Å². The van der Waals surface area contributed by atoms with Crippen LogP contribution in [0.15, 0.2) is 48.8 Å². The Balaban J connectivity index is 1.63. The molecule has 166 valence electrons. The Morgan fingerprint density at radius 3 is 2.77 bits per heavy atom. The largest absolute Gasteiger partial charge is 0.382 e. The molecule has 0 saturated carbocycles. The summed E-state index contributed by atoms with van der Waals surface area (Å²) in [5, 5.41) is 0. The summed E-state index contributed by atoms with van der Waals surface area (Å²) in [6, 6.07) is 9.56. The fourth-order valence-electron chi connectivity index (χ4n) is 3.31. The van der Waals surface area contributed by atoms with Gasteiger partial charge < -0.3 is 15.0 Å². The fraction of sp³-hybridized carbons (Fsp3) is 0.364. The van der Waals surface area contributed by atoms with Gasteiger partial charge in [0.15, 0.2) is 5.82 Å². The first kappa shape index (κ1) is 22.8. The number of aryl methyl sites for hydroxylation is 3. The zero-order valence-corrected chi connectivity index (χ0v) is 18.7. The Kier molecular flexibility index (Phi) is 7.64. The second kappa shape index (κ2) is 10.4. The van der Waals surface area contributed by atoms with E-state index in [0.717, 1.165) is 22.5 Å². The van der Waals surface area contributed by atoms with Gasteiger partial charge in [-0.15, -0.1) is 0 Å². The van der Waals surface area contributed by atoms with E-state index in [1.54, 1.807) is 12.3 Å². The molecule has 3 N–H and O–H groups in total. The maximum atomic E-state index is 12.2. The van der Waals surface area contributed by atoms with E-state index in [0.29, 0.717) is 43.9 Å². The quantitative estimate of drug-likeness (QED) is 0.471. The van der Waals surface area contributed by atoms with Gasteiger partial charge in [-0.1, -0.05) is 36.4 Å². The van der Waals surface area contributed by atoms with E-state index in [-0.39, 0.29) is 5.75 Å². The van der Waals surface area contributed by atoms with Gasteiger partial charge in [0.25, 0.3) is 0 Å². The van der Waals surface area contributed by atoms with Crippen LogP contribution in [0.4, 0.5) is 5.82 Å². The molecule has 3 rings (SSSR count). The van der Waals surface area contributed by atoms with Crippen molar-refractivity contribution in [1.29, 1.82) is 0 Å². The Morgan fingerprint density at radius 1 is 1.26 bits per heavy atom. The average Bonchev–Trinajstić information content (AvgIpc) is 3.13. The van der Waals surface area contributed by atoms with E-state index in [2.05, 4.69) is 19.3 Å². The second-order valence-electron chi connectivity index (χ2n) is 7.20. The number of ether oxygens (including phenoxy) is 1. The first-order chi connectivity index (χ1) is 14.9. The van der Waals surface area contributed by atoms with Crippen LogP contribution in [0.1, 0.15) is 30.3 Å². The predicted molar refractivity (Wildman–Crippen MR) is 123 cm³/mol. The van der Waals surface area contributed by atoms with E-state index in [1.807, 2.05) is 44.2 Å². The summed E-state index contributed by atoms with van der Waals surface area (Å²) in [5.74, 6) is 1.20. The number of fused-ring (bicyclic) bond motifs is 1. The summed E-state index contributed by atoms with van der Waals surface area (Å²) < 4.78 is 34.6. The van der Waals surface area contributed by atoms with E-state index in [9.17, 15) is 8.42 Å². The van der Waals surface area contributed by atoms with Gasteiger partial charge in [0, 0.05) is 25.5 Å². The number of hydrogen-bond acceptors (Lipinski definition) is 6. The summed E-state index contributed by atoms with van der Waals surface area (Å²) in [4.78, 5) is 8.80. The lowest BCUT2D eigenvalue weighted by atomic mass is 10.2. The van der Waals surface area contributed by atoms with Crippen LogP contribution in [0.5, 0.6) is 0 Å². The van der Waals surface area contributed by atoms with Crippen molar-refractivity contribution in [1.82, 2.24) is 19.3 Å². The van der Waals surface area contributed by atoms with E-state index in [4.69, 9.17) is 10.5 Å². The Morgan fingerprint density at radius 2 is 2.03 bits per heavy atom. The molecule has 0 unspecified atom stereocenters. The number of nitrogens with two attached hydrogens (primary N) is 1. The molecule has 0 amide bonds. The Hall–Kier alpha value is -2.91. The maximum absolute atomic E-state index is 12.2. The number of anilines is 1. The lowest BCUT2D eigenvalue weighted by Gasteiger charge is -2.09. The van der Waals surface area contributed by atoms with Gasteiger partial charge in [-0.3, -0.25) is 4.72 Å². The van der Waals surface area contributed by atoms with Crippen LogP contribution < -0.4 is 10.5 Å². The number of hydrogen-bond donors (Lipinski definition) is 2. The molecule has 0 atom stereocenters. The van der Waals surface area contributed by atoms with Crippen molar-refractivity contribution in [2.45, 2.75) is 39.8 Å². The molecule has 2 heterocycles. The number of allylic oxidation sites excluding steroid dienone is 1. The van der Waals surface area contributed by atoms with E-state index in [1.165, 1.54) is 6.20 Å². The lowest BCUT2D eigenvalue weighted by molar-refractivity contribution is 0.126. The molecule has 0 spiro atoms. The highest BCUT2D eigenvalue weighted by atomic mass is 32.2. The van der Waals surface area contributed by atoms with E-state index >= 15 is 0 Å². The topological polar surface area (TPSA) is 112 Å². The summed E-state index contributed by atoms with van der Waals surface area (Å²) in [7, 11) is -3.38. The normalized spacial score (nSPS) is 12.1. The predicted octanol–water partition coefficient (Wildman–Crippen LogP) is 2.92. The zero-order chi connectivity index (χ0) is 22.3. The number of imidazole rings is 1. The molecule has 0 aliphatic heterocycles. The SMILES string of the molecule is CCOCc1nc2c(N)ncc(C)c2n1CCC=CNS(=O)(=O)CCc1ccccc1. The third-order valence-electron chi connectivity index (χ3n) is 4.88. The lowest BCUT2D eigenvalue weighted by Crippen LogP contribution is -2.22. The smallest absolute Gasteiger partial charge is 0.232 e. The monoisotopic (exact) mass is 443 g/mol. The molecule has 9 heteroatoms. The summed E-state index contributed by atoms with van der Waals surface area (Å²) in [5.41, 5.74) is 9.58. The van der Waals surface area contributed by atoms with Crippen LogP contribution in [0.25, 0.3) is 11.0 Å². The highest BCUT2D eigenvalue weighted by molar-refractivity contribution is 7.89. The molecule has 0 fully saturated rings. The summed E-state index contributed by atoms with van der Waals surface area (Å²) in [6.45, 7) is 5.47. The third kappa shape index (κ3) is 6.05. The highest BCUT2D eigenvalue weighted by Gasteiger charge is 2.15. The first-order valence-corrected chi connectivity index (χ1v) is 11.9. The van der Waals surface area contributed by atoms with Gasteiger partial charge in [0.05, 0.1) is 11.3 Å². The fourth-order valence-corrected chi connectivity index (χ4v) is 4.23. The molecule has 0 aliphatic rings. The van der Waals surface area contributed by atoms with Crippen molar-refractivity contribution >= 4 is 26.9 Å². The highest BCUT2D eigenvalue weighted by Crippen LogP contribution is 2.24. The van der Waals surface area contributed by atoms with Crippen LogP contribution in [0.2, 0.25) is 0 Å². The molecular formula is C22H29N5O3S. The van der Waals surface area contributed by atoms with Crippen molar-refractivity contribution in [3.63, 3.8) is 0 Å². The van der Waals surface area contributed by atoms with Gasteiger partial charge in [-0.2, -0.15) is 0 Å². The minimum absolute atomic E-state index is 0.0392. The minimum Gasteiger partial charge on any atom is -0.382 e. The molecule has 0 radical (unpaired) electrons. The number of sulfonamides is 1. The summed E-state index contributed by atoms with van der Waals surface area (Å²) >= 11 is 0. The van der Waals surface area contributed by atoms with Crippen molar-refractivity contribution in [3.8, 4) is 0 Å². The maximum Gasteiger partial charge on any atom is 0.232 e. The average molecular weight is 444 g/mol. The van der Waals surface area contributed by atoms with Gasteiger partial charge >= 0.3 is 0 Å². The van der Waals surface area contributed by atoms with Gasteiger partial charge in [0.1, 0.15) is 17.9 Å². The third-order valence-corrected chi connectivity index (χ3v) is 6.12. The van der Waals surface area contributed by atoms with Crippen LogP contribution in [0.3, 0.4) is 0 Å². The van der Waals surface area contributed by atoms with Crippen LogP contribution in [-0.2, 0) is 34.3 Å². The van der Waals surface area contributed by atoms with Gasteiger partial charge in [0.2, 0.25) is 10.0 Å². The summed E-state index contributed by atoms with van der Waals surface area (Å²) in [6.07, 6.45) is 6.12. The molecule has 31 heavy (non-hydrogen) atoms. The number of nitrogens with one attached hydrogen (secondary N) is 1. The Bertz CT molecular complexity index is 1140. The first-order valence-electron chi connectivity index (χ1n) is 10.3. The van der Waals surface area contributed by atoms with Crippen molar-refractivity contribution < 1.29 is 13.2 Å². The number of rotatable bonds is 11. The standard InChI is InChI=1S/C22H29N5O3S/c1-3-30-16-19-26-20-21(17(2)15-24-22(20)23)27(19)13-8-7-12-25-31(28,29)14-11-18-9-5-4-6-10-18/h4-7,9-10,12,15,25H,3,8,11,13-14,16H2,1-2H3,(H2,23,24). The van der Waals surface area contributed by atoms with Crippen molar-refractivity contribution in [2.75, 3.05) is 18.1 Å². The van der Waals surface area contributed by atoms with Crippen LogP contribution in [-0.4, -0.2) is 35.3 Å². The molecule has 2 aromatic heterocycles. The molecule has 0 saturated heterocycles. The molecule has 8 nitrogen and oxygen atoms in total. The molecule has 3 aromatic rings. The van der Waals surface area contributed by atoms with Crippen molar-refractivity contribution in [3.05, 3.63) is 65.8 Å². The molecular weight excluding hydrogens is 414 g/mol. The van der Waals surface area contributed by atoms with Crippen molar-refractivity contribution in [2.24, 2.45) is 0 Å². The van der Waals surface area contributed by atoms with Gasteiger partial charge in [-0.25, -0.2) is 18.4 Å². The molecule has 0 aliphatic carbocycles. The Labute approximate surface area is 183 Å². The van der Waals surface area contributed by atoms with E-state index < -0.39 is 10.0 Å². The number of nitrogen functional groups attached to an aromatic ring is 1. The van der Waals surface area contributed by atoms with Crippen LogP contribution in [0, 0.1) is 6.92 Å². The number of aromatic nitrogens is 3. The number of benzene rings is 1. The molecule has 0 bridgehead atoms. The number of pyridine rings is 1.